The van der Waals surface area contributed by atoms with Gasteiger partial charge in [0.25, 0.3) is 0 Å². The second kappa shape index (κ2) is 9.33. The van der Waals surface area contributed by atoms with Crippen molar-refractivity contribution < 1.29 is 0 Å². The summed E-state index contributed by atoms with van der Waals surface area (Å²) < 4.78 is 0. The van der Waals surface area contributed by atoms with Crippen molar-refractivity contribution in [3.63, 3.8) is 0 Å². The Morgan fingerprint density at radius 2 is 1.86 bits per heavy atom. The molecule has 0 saturated heterocycles. The van der Waals surface area contributed by atoms with Crippen LogP contribution in [0.4, 0.5) is 0 Å². The van der Waals surface area contributed by atoms with Crippen LogP contribution in [0.3, 0.4) is 0 Å². The van der Waals surface area contributed by atoms with E-state index >= 15 is 0 Å². The molecule has 21 heavy (non-hydrogen) atoms. The summed E-state index contributed by atoms with van der Waals surface area (Å²) in [5.41, 5.74) is 2.22. The topological polar surface area (TPSA) is 49.3 Å². The maximum atomic E-state index is 4.28. The van der Waals surface area contributed by atoms with Gasteiger partial charge >= 0.3 is 0 Å². The summed E-state index contributed by atoms with van der Waals surface area (Å²) in [5, 5.41) is 6.63. The third-order valence-corrected chi connectivity index (χ3v) is 3.04. The summed E-state index contributed by atoms with van der Waals surface area (Å²) in [6.45, 7) is 2.77. The zero-order valence-corrected chi connectivity index (χ0v) is 14.6. The van der Waals surface area contributed by atoms with E-state index in [1.807, 2.05) is 36.4 Å². The predicted octanol–water partition coefficient (Wildman–Crippen LogP) is 3.13. The van der Waals surface area contributed by atoms with Crippen LogP contribution in [0.25, 0.3) is 0 Å². The van der Waals surface area contributed by atoms with Crippen molar-refractivity contribution >= 4 is 29.9 Å². The third-order valence-electron chi connectivity index (χ3n) is 3.04. The molecule has 1 atom stereocenters. The van der Waals surface area contributed by atoms with Gasteiger partial charge in [-0.05, 0) is 24.6 Å². The van der Waals surface area contributed by atoms with Crippen LogP contribution >= 0.6 is 24.0 Å². The maximum Gasteiger partial charge on any atom is 0.191 e. The van der Waals surface area contributed by atoms with E-state index < -0.39 is 0 Å². The van der Waals surface area contributed by atoms with Gasteiger partial charge in [0, 0.05) is 13.2 Å². The number of rotatable bonds is 4. The highest BCUT2D eigenvalue weighted by molar-refractivity contribution is 14.0. The smallest absolute Gasteiger partial charge is 0.191 e. The normalized spacial score (nSPS) is 12.2. The van der Waals surface area contributed by atoms with Crippen LogP contribution in [0.15, 0.2) is 59.7 Å². The summed E-state index contributed by atoms with van der Waals surface area (Å²) in [7, 11) is 1.77. The van der Waals surface area contributed by atoms with Crippen molar-refractivity contribution in [2.45, 2.75) is 19.5 Å². The summed E-state index contributed by atoms with van der Waals surface area (Å²) in [6, 6.07) is 16.4. The number of nitrogens with zero attached hydrogens (tertiary/aromatic N) is 2. The van der Waals surface area contributed by atoms with Crippen molar-refractivity contribution in [2.24, 2.45) is 4.99 Å². The molecule has 2 aromatic rings. The van der Waals surface area contributed by atoms with E-state index in [2.05, 4.69) is 39.7 Å². The predicted molar refractivity (Wildman–Crippen MR) is 97.8 cm³/mol. The van der Waals surface area contributed by atoms with Crippen LogP contribution in [0, 0.1) is 0 Å². The molecule has 1 unspecified atom stereocenters. The highest BCUT2D eigenvalue weighted by Gasteiger charge is 2.06. The van der Waals surface area contributed by atoms with Gasteiger partial charge in [-0.15, -0.1) is 24.0 Å². The Kier molecular flexibility index (Phi) is 7.74. The maximum absolute atomic E-state index is 4.28. The molecule has 0 aliphatic carbocycles. The fourth-order valence-corrected chi connectivity index (χ4v) is 1.90. The average Bonchev–Trinajstić information content (AvgIpc) is 2.53. The van der Waals surface area contributed by atoms with Crippen LogP contribution in [0.5, 0.6) is 0 Å². The van der Waals surface area contributed by atoms with E-state index in [1.165, 1.54) is 5.56 Å². The van der Waals surface area contributed by atoms with Gasteiger partial charge in [0.1, 0.15) is 0 Å². The molecule has 1 aromatic carbocycles. The van der Waals surface area contributed by atoms with Gasteiger partial charge in [-0.3, -0.25) is 9.98 Å². The van der Waals surface area contributed by atoms with Crippen LogP contribution in [-0.4, -0.2) is 18.0 Å². The average molecular weight is 396 g/mol. The van der Waals surface area contributed by atoms with Crippen LogP contribution in [0.1, 0.15) is 24.2 Å². The third kappa shape index (κ3) is 5.71. The largest absolute Gasteiger partial charge is 0.351 e. The molecule has 0 fully saturated rings. The van der Waals surface area contributed by atoms with Crippen LogP contribution < -0.4 is 10.6 Å². The number of guanidine groups is 1. The van der Waals surface area contributed by atoms with Crippen molar-refractivity contribution in [1.82, 2.24) is 15.6 Å². The first kappa shape index (κ1) is 17.4. The zero-order chi connectivity index (χ0) is 14.2. The van der Waals surface area contributed by atoms with Gasteiger partial charge in [-0.1, -0.05) is 36.4 Å². The molecule has 0 spiro atoms. The Morgan fingerprint density at radius 3 is 2.48 bits per heavy atom. The summed E-state index contributed by atoms with van der Waals surface area (Å²) in [5.74, 6) is 0.770. The molecule has 0 aliphatic heterocycles. The standard InChI is InChI=1S/C16H20N4.HI/c1-13(14-8-4-3-5-9-14)20-16(17-2)19-12-15-10-6-7-11-18-15;/h3-11,13H,12H2,1-2H3,(H2,17,19,20);1H. The molecule has 0 radical (unpaired) electrons. The van der Waals surface area contributed by atoms with E-state index in [0.717, 1.165) is 11.7 Å². The van der Waals surface area contributed by atoms with Gasteiger partial charge in [-0.25, -0.2) is 0 Å². The zero-order valence-electron chi connectivity index (χ0n) is 12.3. The molecule has 0 amide bonds. The van der Waals surface area contributed by atoms with E-state index in [-0.39, 0.29) is 30.0 Å². The minimum atomic E-state index is 0. The van der Waals surface area contributed by atoms with Gasteiger partial charge in [0.15, 0.2) is 5.96 Å². The van der Waals surface area contributed by atoms with Crippen LogP contribution in [0.2, 0.25) is 0 Å². The molecule has 1 heterocycles. The van der Waals surface area contributed by atoms with E-state index in [0.29, 0.717) is 6.54 Å². The van der Waals surface area contributed by atoms with Crippen molar-refractivity contribution in [1.29, 1.82) is 0 Å². The molecule has 0 saturated carbocycles. The lowest BCUT2D eigenvalue weighted by molar-refractivity contribution is 0.683. The second-order valence-electron chi connectivity index (χ2n) is 4.52. The second-order valence-corrected chi connectivity index (χ2v) is 4.52. The van der Waals surface area contributed by atoms with E-state index in [9.17, 15) is 0 Å². The quantitative estimate of drug-likeness (QED) is 0.475. The lowest BCUT2D eigenvalue weighted by atomic mass is 10.1. The fraction of sp³-hybridized carbons (Fsp3) is 0.250. The lowest BCUT2D eigenvalue weighted by Crippen LogP contribution is -2.38. The van der Waals surface area contributed by atoms with Gasteiger partial charge < -0.3 is 10.6 Å². The summed E-state index contributed by atoms with van der Waals surface area (Å²) in [6.07, 6.45) is 1.79. The number of aliphatic imine (C=N–C) groups is 1. The fourth-order valence-electron chi connectivity index (χ4n) is 1.90. The first-order valence-electron chi connectivity index (χ1n) is 6.71. The SMILES string of the molecule is CN=C(NCc1ccccn1)NC(C)c1ccccc1.I. The van der Waals surface area contributed by atoms with E-state index in [4.69, 9.17) is 0 Å². The number of halogens is 1. The van der Waals surface area contributed by atoms with Gasteiger partial charge in [-0.2, -0.15) is 0 Å². The molecule has 2 rings (SSSR count). The van der Waals surface area contributed by atoms with Crippen LogP contribution in [-0.2, 0) is 6.54 Å². The monoisotopic (exact) mass is 396 g/mol. The Hall–Kier alpha value is -1.63. The summed E-state index contributed by atoms with van der Waals surface area (Å²) >= 11 is 0. The van der Waals surface area contributed by atoms with Crippen molar-refractivity contribution in [2.75, 3.05) is 7.05 Å². The van der Waals surface area contributed by atoms with E-state index in [1.54, 1.807) is 13.2 Å². The molecule has 1 aromatic heterocycles. The first-order valence-corrected chi connectivity index (χ1v) is 6.71. The molecular weight excluding hydrogens is 375 g/mol. The highest BCUT2D eigenvalue weighted by atomic mass is 127. The molecule has 2 N–H and O–H groups in total. The number of hydrogen-bond acceptors (Lipinski definition) is 2. The number of benzene rings is 1. The minimum absolute atomic E-state index is 0. The molecule has 112 valence electrons. The molecule has 5 heteroatoms. The number of hydrogen-bond donors (Lipinski definition) is 2. The Labute approximate surface area is 143 Å². The lowest BCUT2D eigenvalue weighted by Gasteiger charge is -2.18. The molecule has 0 aliphatic rings. The van der Waals surface area contributed by atoms with Gasteiger partial charge in [0.05, 0.1) is 18.3 Å². The molecule has 0 bridgehead atoms. The molecular formula is C16H21IN4. The van der Waals surface area contributed by atoms with Gasteiger partial charge in [0.2, 0.25) is 0 Å². The Balaban J connectivity index is 0.00000220. The Bertz CT molecular complexity index is 543. The number of pyridine rings is 1. The first-order chi connectivity index (χ1) is 9.79. The highest BCUT2D eigenvalue weighted by Crippen LogP contribution is 2.10. The molecule has 4 nitrogen and oxygen atoms in total. The minimum Gasteiger partial charge on any atom is -0.351 e. The Morgan fingerprint density at radius 1 is 1.14 bits per heavy atom. The van der Waals surface area contributed by atoms with Crippen molar-refractivity contribution in [3.8, 4) is 0 Å². The van der Waals surface area contributed by atoms with Crippen molar-refractivity contribution in [3.05, 3.63) is 66.0 Å². The number of aromatic nitrogens is 1. The number of nitrogens with one attached hydrogen (secondary N) is 2. The summed E-state index contributed by atoms with van der Waals surface area (Å²) in [4.78, 5) is 8.51.